The molecule has 46 valence electrons. The molecule has 2 atom stereocenters. The van der Waals surface area contributed by atoms with E-state index in [1.807, 2.05) is 0 Å². The van der Waals surface area contributed by atoms with Crippen LogP contribution in [0.1, 0.15) is 0 Å². The SMILES string of the molecule is O=C(O)[C@@H](Br)[C@@H]1CO1. The molecule has 1 rings (SSSR count). The minimum absolute atomic E-state index is 0.0903. The van der Waals surface area contributed by atoms with Gasteiger partial charge in [-0.3, -0.25) is 4.79 Å². The maximum absolute atomic E-state index is 10.1. The van der Waals surface area contributed by atoms with Crippen LogP contribution < -0.4 is 0 Å². The maximum Gasteiger partial charge on any atom is 0.320 e. The van der Waals surface area contributed by atoms with Crippen LogP contribution in [0.4, 0.5) is 0 Å². The lowest BCUT2D eigenvalue weighted by Crippen LogP contribution is -2.18. The first-order valence-electron chi connectivity index (χ1n) is 2.20. The van der Waals surface area contributed by atoms with Gasteiger partial charge in [0.2, 0.25) is 0 Å². The van der Waals surface area contributed by atoms with E-state index in [0.29, 0.717) is 6.61 Å². The van der Waals surface area contributed by atoms with Gasteiger partial charge in [0.25, 0.3) is 0 Å². The van der Waals surface area contributed by atoms with Crippen LogP contribution in [0.3, 0.4) is 0 Å². The Labute approximate surface area is 54.8 Å². The van der Waals surface area contributed by atoms with Gasteiger partial charge >= 0.3 is 5.97 Å². The molecule has 0 radical (unpaired) electrons. The number of hydrogen-bond donors (Lipinski definition) is 1. The maximum atomic E-state index is 10.1. The summed E-state index contributed by atoms with van der Waals surface area (Å²) in [6.07, 6.45) is -0.0903. The molecule has 1 fully saturated rings. The highest BCUT2D eigenvalue weighted by Gasteiger charge is 2.35. The van der Waals surface area contributed by atoms with Crippen molar-refractivity contribution in [2.24, 2.45) is 0 Å². The van der Waals surface area contributed by atoms with Crippen molar-refractivity contribution in [1.82, 2.24) is 0 Å². The molecular formula is C4H5BrO3. The quantitative estimate of drug-likeness (QED) is 0.490. The Morgan fingerprint density at radius 3 is 2.62 bits per heavy atom. The normalized spacial score (nSPS) is 29.4. The topological polar surface area (TPSA) is 49.8 Å². The van der Waals surface area contributed by atoms with Crippen LogP contribution in [0.25, 0.3) is 0 Å². The van der Waals surface area contributed by atoms with Gasteiger partial charge in [-0.2, -0.15) is 0 Å². The number of halogens is 1. The summed E-state index contributed by atoms with van der Waals surface area (Å²) in [4.78, 5) is 9.54. The highest BCUT2D eigenvalue weighted by Crippen LogP contribution is 2.20. The molecule has 0 amide bonds. The molecule has 8 heavy (non-hydrogen) atoms. The largest absolute Gasteiger partial charge is 0.480 e. The molecule has 0 spiro atoms. The van der Waals surface area contributed by atoms with Gasteiger partial charge in [0.1, 0.15) is 10.9 Å². The van der Waals surface area contributed by atoms with Crippen molar-refractivity contribution in [3.8, 4) is 0 Å². The molecule has 1 aliphatic heterocycles. The predicted molar refractivity (Wildman–Crippen MR) is 30.1 cm³/mol. The molecule has 0 aromatic heterocycles. The highest BCUT2D eigenvalue weighted by molar-refractivity contribution is 9.10. The molecule has 1 N–H and O–H groups in total. The number of alkyl halides is 1. The molecule has 0 unspecified atom stereocenters. The summed E-state index contributed by atoms with van der Waals surface area (Å²) < 4.78 is 4.70. The molecule has 0 aliphatic carbocycles. The lowest BCUT2D eigenvalue weighted by atomic mass is 10.3. The second-order valence-corrected chi connectivity index (χ2v) is 2.60. The number of hydrogen-bond acceptors (Lipinski definition) is 2. The molecule has 0 aromatic rings. The molecule has 0 saturated carbocycles. The van der Waals surface area contributed by atoms with Crippen LogP contribution in [0.2, 0.25) is 0 Å². The lowest BCUT2D eigenvalue weighted by molar-refractivity contribution is -0.136. The third-order valence-electron chi connectivity index (χ3n) is 0.921. The summed E-state index contributed by atoms with van der Waals surface area (Å²) >= 11 is 2.94. The molecule has 1 saturated heterocycles. The Morgan fingerprint density at radius 1 is 2.00 bits per heavy atom. The predicted octanol–water partition coefficient (Wildman–Crippen LogP) is 0.233. The fraction of sp³-hybridized carbons (Fsp3) is 0.750. The smallest absolute Gasteiger partial charge is 0.320 e. The summed E-state index contributed by atoms with van der Waals surface area (Å²) in [7, 11) is 0. The average molecular weight is 181 g/mol. The van der Waals surface area contributed by atoms with Crippen LogP contribution >= 0.6 is 15.9 Å². The number of carboxylic acid groups (broad SMARTS) is 1. The Balaban J connectivity index is 2.32. The van der Waals surface area contributed by atoms with Gasteiger partial charge in [0, 0.05) is 0 Å². The monoisotopic (exact) mass is 180 g/mol. The van der Waals surface area contributed by atoms with Gasteiger partial charge in [-0.25, -0.2) is 0 Å². The van der Waals surface area contributed by atoms with E-state index in [1.54, 1.807) is 0 Å². The first-order valence-corrected chi connectivity index (χ1v) is 3.12. The van der Waals surface area contributed by atoms with Gasteiger partial charge < -0.3 is 9.84 Å². The molecule has 4 heteroatoms. The van der Waals surface area contributed by atoms with Crippen molar-refractivity contribution < 1.29 is 14.6 Å². The van der Waals surface area contributed by atoms with Gasteiger partial charge in [-0.05, 0) is 0 Å². The number of aliphatic carboxylic acids is 1. The fourth-order valence-corrected chi connectivity index (χ4v) is 0.689. The zero-order valence-electron chi connectivity index (χ0n) is 4.00. The molecule has 0 aromatic carbocycles. The summed E-state index contributed by atoms with van der Waals surface area (Å²) in [5.74, 6) is -0.854. The molecule has 3 nitrogen and oxygen atoms in total. The second-order valence-electron chi connectivity index (χ2n) is 1.61. The fourth-order valence-electron chi connectivity index (χ4n) is 0.384. The van der Waals surface area contributed by atoms with Crippen LogP contribution in [0.5, 0.6) is 0 Å². The van der Waals surface area contributed by atoms with Crippen molar-refractivity contribution in [2.75, 3.05) is 6.61 Å². The van der Waals surface area contributed by atoms with Crippen LogP contribution in [-0.2, 0) is 9.53 Å². The van der Waals surface area contributed by atoms with Gasteiger partial charge in [-0.15, -0.1) is 0 Å². The second kappa shape index (κ2) is 2.03. The van der Waals surface area contributed by atoms with Crippen LogP contribution in [-0.4, -0.2) is 28.6 Å². The number of carbonyl (C=O) groups is 1. The Hall–Kier alpha value is -0.0900. The van der Waals surface area contributed by atoms with Crippen LogP contribution in [0, 0.1) is 0 Å². The van der Waals surface area contributed by atoms with Crippen molar-refractivity contribution in [3.05, 3.63) is 0 Å². The summed E-state index contributed by atoms with van der Waals surface area (Å²) in [5, 5.41) is 8.27. The van der Waals surface area contributed by atoms with Crippen molar-refractivity contribution >= 4 is 21.9 Å². The summed E-state index contributed by atoms with van der Waals surface area (Å²) in [6.45, 7) is 0.572. The third kappa shape index (κ3) is 1.20. The Kier molecular flexibility index (Phi) is 1.53. The summed E-state index contributed by atoms with van der Waals surface area (Å²) in [6, 6.07) is 0. The van der Waals surface area contributed by atoms with Crippen LogP contribution in [0.15, 0.2) is 0 Å². The van der Waals surface area contributed by atoms with Gasteiger partial charge in [0.15, 0.2) is 0 Å². The van der Waals surface area contributed by atoms with E-state index < -0.39 is 10.8 Å². The average Bonchev–Trinajstić information content (AvgIpc) is 2.43. The van der Waals surface area contributed by atoms with E-state index in [0.717, 1.165) is 0 Å². The van der Waals surface area contributed by atoms with Crippen molar-refractivity contribution in [2.45, 2.75) is 10.9 Å². The molecule has 0 bridgehead atoms. The molecular weight excluding hydrogens is 176 g/mol. The van der Waals surface area contributed by atoms with Gasteiger partial charge in [-0.1, -0.05) is 15.9 Å². The standard InChI is InChI=1S/C4H5BrO3/c5-3(4(6)7)2-1-8-2/h2-3H,1H2,(H,6,7)/t2-,3-/m0/s1. The number of epoxide rings is 1. The first-order chi connectivity index (χ1) is 3.72. The van der Waals surface area contributed by atoms with E-state index >= 15 is 0 Å². The number of carboxylic acids is 1. The Morgan fingerprint density at radius 2 is 2.50 bits per heavy atom. The number of rotatable bonds is 2. The first kappa shape index (κ1) is 6.04. The zero-order chi connectivity index (χ0) is 6.15. The van der Waals surface area contributed by atoms with E-state index in [4.69, 9.17) is 9.84 Å². The van der Waals surface area contributed by atoms with E-state index in [9.17, 15) is 4.79 Å². The Bertz CT molecular complexity index is 110. The van der Waals surface area contributed by atoms with Crippen molar-refractivity contribution in [3.63, 3.8) is 0 Å². The molecule has 1 heterocycles. The minimum atomic E-state index is -0.854. The van der Waals surface area contributed by atoms with E-state index in [2.05, 4.69) is 15.9 Å². The minimum Gasteiger partial charge on any atom is -0.480 e. The third-order valence-corrected chi connectivity index (χ3v) is 1.90. The highest BCUT2D eigenvalue weighted by atomic mass is 79.9. The van der Waals surface area contributed by atoms with Crippen molar-refractivity contribution in [1.29, 1.82) is 0 Å². The van der Waals surface area contributed by atoms with E-state index in [-0.39, 0.29) is 6.10 Å². The number of ether oxygens (including phenoxy) is 1. The van der Waals surface area contributed by atoms with E-state index in [1.165, 1.54) is 0 Å². The lowest BCUT2D eigenvalue weighted by Gasteiger charge is -1.94. The summed E-state index contributed by atoms with van der Waals surface area (Å²) in [5.41, 5.74) is 0. The molecule has 1 aliphatic rings. The van der Waals surface area contributed by atoms with Gasteiger partial charge in [0.05, 0.1) is 6.61 Å². The zero-order valence-corrected chi connectivity index (χ0v) is 5.59.